The van der Waals surface area contributed by atoms with Gasteiger partial charge in [-0.15, -0.1) is 11.8 Å². The first kappa shape index (κ1) is 18.5. The van der Waals surface area contributed by atoms with Gasteiger partial charge in [-0.25, -0.2) is 0 Å². The Morgan fingerprint density at radius 1 is 1.29 bits per heavy atom. The minimum Gasteiger partial charge on any atom is -0.490 e. The number of nitrogens with one attached hydrogen (secondary N) is 1. The number of anilines is 1. The van der Waals surface area contributed by atoms with Gasteiger partial charge in [-0.3, -0.25) is 14.9 Å². The predicted molar refractivity (Wildman–Crippen MR) is 104 cm³/mol. The van der Waals surface area contributed by atoms with Crippen molar-refractivity contribution in [3.8, 4) is 5.75 Å². The zero-order chi connectivity index (χ0) is 17.5. The molecular weight excluding hydrogens is 443 g/mol. The predicted octanol–water partition coefficient (Wildman–Crippen LogP) is 4.08. The third-order valence-electron chi connectivity index (χ3n) is 3.07. The van der Waals surface area contributed by atoms with Crippen LogP contribution in [-0.4, -0.2) is 23.7 Å². The van der Waals surface area contributed by atoms with Crippen LogP contribution in [0.3, 0.4) is 0 Å². The van der Waals surface area contributed by atoms with Crippen LogP contribution in [0.5, 0.6) is 5.75 Å². The summed E-state index contributed by atoms with van der Waals surface area (Å²) in [5, 5.41) is 13.8. The lowest BCUT2D eigenvalue weighted by Crippen LogP contribution is -2.14. The summed E-state index contributed by atoms with van der Waals surface area (Å²) in [5.41, 5.74) is 1.45. The zero-order valence-electron chi connectivity index (χ0n) is 12.8. The number of nitrogens with zero attached hydrogens (tertiary/aromatic N) is 1. The molecule has 0 fully saturated rings. The van der Waals surface area contributed by atoms with E-state index in [9.17, 15) is 14.9 Å². The molecule has 0 saturated heterocycles. The first-order valence-corrected chi connectivity index (χ1v) is 9.17. The minimum absolute atomic E-state index is 0.0704. The highest BCUT2D eigenvalue weighted by Gasteiger charge is 2.15. The van der Waals surface area contributed by atoms with Crippen LogP contribution in [0.1, 0.15) is 5.56 Å². The number of methoxy groups -OCH3 is 1. The Morgan fingerprint density at radius 3 is 2.62 bits per heavy atom. The number of carbonyl (C=O) groups is 1. The molecule has 2 aromatic rings. The fourth-order valence-corrected chi connectivity index (χ4v) is 3.09. The van der Waals surface area contributed by atoms with E-state index in [0.29, 0.717) is 5.75 Å². The Kier molecular flexibility index (Phi) is 6.85. The topological polar surface area (TPSA) is 81.5 Å². The van der Waals surface area contributed by atoms with Gasteiger partial charge in [0.05, 0.1) is 17.8 Å². The quantitative estimate of drug-likeness (QED) is 0.384. The third-order valence-corrected chi connectivity index (χ3v) is 4.79. The summed E-state index contributed by atoms with van der Waals surface area (Å²) in [7, 11) is 1.39. The summed E-state index contributed by atoms with van der Waals surface area (Å²) in [6, 6.07) is 12.3. The van der Waals surface area contributed by atoms with Crippen molar-refractivity contribution >= 4 is 51.6 Å². The van der Waals surface area contributed by atoms with E-state index in [4.69, 9.17) is 4.74 Å². The third kappa shape index (κ3) is 5.38. The molecule has 0 heterocycles. The number of nitro groups is 1. The van der Waals surface area contributed by atoms with E-state index < -0.39 is 4.92 Å². The van der Waals surface area contributed by atoms with Crippen molar-refractivity contribution in [3.05, 3.63) is 61.7 Å². The maximum absolute atomic E-state index is 11.9. The maximum atomic E-state index is 11.9. The van der Waals surface area contributed by atoms with Gasteiger partial charge in [0.1, 0.15) is 0 Å². The number of nitro benzene ring substituents is 1. The number of carbonyl (C=O) groups excluding carboxylic acids is 1. The molecular formula is C16H15IN2O4S. The fraction of sp³-hybridized carbons (Fsp3) is 0.188. The van der Waals surface area contributed by atoms with Crippen LogP contribution < -0.4 is 10.1 Å². The molecule has 0 spiro atoms. The van der Waals surface area contributed by atoms with Crippen molar-refractivity contribution in [1.29, 1.82) is 0 Å². The van der Waals surface area contributed by atoms with Gasteiger partial charge >= 0.3 is 5.69 Å². The number of hydrogen-bond acceptors (Lipinski definition) is 5. The molecule has 1 N–H and O–H groups in total. The van der Waals surface area contributed by atoms with E-state index in [1.165, 1.54) is 24.9 Å². The number of halogens is 1. The monoisotopic (exact) mass is 458 g/mol. The van der Waals surface area contributed by atoms with Crippen molar-refractivity contribution in [2.75, 3.05) is 18.2 Å². The second kappa shape index (κ2) is 8.88. The summed E-state index contributed by atoms with van der Waals surface area (Å²) in [5.74, 6) is 0.894. The van der Waals surface area contributed by atoms with Crippen molar-refractivity contribution in [2.24, 2.45) is 0 Å². The SMILES string of the molecule is COc1ccc(CSCC(=O)Nc2ccc(I)cc2)cc1[N+](=O)[O-]. The summed E-state index contributed by atoms with van der Waals surface area (Å²) in [6.45, 7) is 0. The largest absolute Gasteiger partial charge is 0.490 e. The van der Waals surface area contributed by atoms with Crippen molar-refractivity contribution in [1.82, 2.24) is 0 Å². The molecule has 0 atom stereocenters. The lowest BCUT2D eigenvalue weighted by Gasteiger charge is -2.06. The standard InChI is InChI=1S/C16H15IN2O4S/c1-23-15-7-2-11(8-14(15)19(21)22)9-24-10-16(20)18-13-5-3-12(17)4-6-13/h2-8H,9-10H2,1H3,(H,18,20). The molecule has 2 aromatic carbocycles. The number of amides is 1. The molecule has 6 nitrogen and oxygen atoms in total. The van der Waals surface area contributed by atoms with Crippen LogP contribution >= 0.6 is 34.4 Å². The first-order chi connectivity index (χ1) is 11.5. The van der Waals surface area contributed by atoms with E-state index >= 15 is 0 Å². The van der Waals surface area contributed by atoms with Gasteiger partial charge in [-0.05, 0) is 58.5 Å². The highest BCUT2D eigenvalue weighted by molar-refractivity contribution is 14.1. The molecule has 0 unspecified atom stereocenters. The number of thioether (sulfide) groups is 1. The molecule has 0 aliphatic heterocycles. The molecule has 8 heteroatoms. The number of hydrogen-bond donors (Lipinski definition) is 1. The van der Waals surface area contributed by atoms with Gasteiger partial charge in [-0.1, -0.05) is 6.07 Å². The van der Waals surface area contributed by atoms with Crippen molar-refractivity contribution in [3.63, 3.8) is 0 Å². The van der Waals surface area contributed by atoms with Crippen molar-refractivity contribution < 1.29 is 14.5 Å². The van der Waals surface area contributed by atoms with Crippen LogP contribution in [0.4, 0.5) is 11.4 Å². The molecule has 0 aliphatic rings. The minimum atomic E-state index is -0.476. The van der Waals surface area contributed by atoms with Crippen LogP contribution in [0.15, 0.2) is 42.5 Å². The molecule has 0 saturated carbocycles. The molecule has 1 amide bonds. The Labute approximate surface area is 157 Å². The fourth-order valence-electron chi connectivity index (χ4n) is 1.96. The Bertz CT molecular complexity index is 737. The smallest absolute Gasteiger partial charge is 0.311 e. The van der Waals surface area contributed by atoms with Gasteiger partial charge in [0.25, 0.3) is 0 Å². The number of rotatable bonds is 7. The van der Waals surface area contributed by atoms with Gasteiger partial charge in [0, 0.05) is 21.1 Å². The number of ether oxygens (including phenoxy) is 1. The summed E-state index contributed by atoms with van der Waals surface area (Å²) in [6.07, 6.45) is 0. The van der Waals surface area contributed by atoms with Gasteiger partial charge < -0.3 is 10.1 Å². The summed E-state index contributed by atoms with van der Waals surface area (Å²) in [4.78, 5) is 22.4. The Hall–Kier alpha value is -1.81. The summed E-state index contributed by atoms with van der Waals surface area (Å²) < 4.78 is 6.06. The van der Waals surface area contributed by atoms with Gasteiger partial charge in [0.15, 0.2) is 5.75 Å². The first-order valence-electron chi connectivity index (χ1n) is 6.94. The molecule has 126 valence electrons. The summed E-state index contributed by atoms with van der Waals surface area (Å²) >= 11 is 3.59. The van der Waals surface area contributed by atoms with Crippen LogP contribution in [0.25, 0.3) is 0 Å². The maximum Gasteiger partial charge on any atom is 0.311 e. The lowest BCUT2D eigenvalue weighted by molar-refractivity contribution is -0.385. The highest BCUT2D eigenvalue weighted by atomic mass is 127. The molecule has 0 aromatic heterocycles. The Balaban J connectivity index is 1.87. The zero-order valence-corrected chi connectivity index (χ0v) is 15.8. The van der Waals surface area contributed by atoms with Crippen LogP contribution in [0.2, 0.25) is 0 Å². The second-order valence-corrected chi connectivity index (χ2v) is 7.04. The van der Waals surface area contributed by atoms with E-state index in [1.54, 1.807) is 12.1 Å². The average molecular weight is 458 g/mol. The van der Waals surface area contributed by atoms with E-state index in [-0.39, 0.29) is 23.1 Å². The highest BCUT2D eigenvalue weighted by Crippen LogP contribution is 2.29. The van der Waals surface area contributed by atoms with Gasteiger partial charge in [-0.2, -0.15) is 0 Å². The van der Waals surface area contributed by atoms with Crippen LogP contribution in [0, 0.1) is 13.7 Å². The van der Waals surface area contributed by atoms with Crippen molar-refractivity contribution in [2.45, 2.75) is 5.75 Å². The van der Waals surface area contributed by atoms with Gasteiger partial charge in [0.2, 0.25) is 5.91 Å². The molecule has 0 bridgehead atoms. The molecule has 2 rings (SSSR count). The average Bonchev–Trinajstić information content (AvgIpc) is 2.56. The van der Waals surface area contributed by atoms with E-state index in [2.05, 4.69) is 27.9 Å². The molecule has 24 heavy (non-hydrogen) atoms. The molecule has 0 aliphatic carbocycles. The Morgan fingerprint density at radius 2 is 2.00 bits per heavy atom. The second-order valence-electron chi connectivity index (χ2n) is 4.81. The van der Waals surface area contributed by atoms with Crippen LogP contribution in [-0.2, 0) is 10.5 Å². The number of benzene rings is 2. The van der Waals surface area contributed by atoms with E-state index in [0.717, 1.165) is 14.8 Å². The molecule has 0 radical (unpaired) electrons. The normalized spacial score (nSPS) is 10.2. The van der Waals surface area contributed by atoms with E-state index in [1.807, 2.05) is 24.3 Å². The lowest BCUT2D eigenvalue weighted by atomic mass is 10.2.